The molecule has 0 aliphatic carbocycles. The summed E-state index contributed by atoms with van der Waals surface area (Å²) in [6, 6.07) is 10.7. The van der Waals surface area contributed by atoms with Crippen molar-refractivity contribution >= 4 is 11.8 Å². The average Bonchev–Trinajstić information content (AvgIpc) is 2.59. The van der Waals surface area contributed by atoms with Gasteiger partial charge in [0.2, 0.25) is 0 Å². The first-order chi connectivity index (χ1) is 5.95. The largest absolute Gasteiger partial charge is 0.134 e. The average molecular weight is 176 g/mol. The highest BCUT2D eigenvalue weighted by atomic mass is 32.2. The smallest absolute Gasteiger partial charge is 0.00405 e. The second-order valence-electron chi connectivity index (χ2n) is 3.11. The van der Waals surface area contributed by atoms with E-state index < -0.39 is 0 Å². The molecule has 62 valence electrons. The zero-order valence-electron chi connectivity index (χ0n) is 6.94. The second kappa shape index (κ2) is 3.81. The summed E-state index contributed by atoms with van der Waals surface area (Å²) in [5, 5.41) is 2.22. The molecule has 0 amide bonds. The predicted molar refractivity (Wildman–Crippen MR) is 55.2 cm³/mol. The van der Waals surface area contributed by atoms with Gasteiger partial charge in [-0.1, -0.05) is 36.4 Å². The molecule has 1 aliphatic heterocycles. The van der Waals surface area contributed by atoms with Crippen LogP contribution in [0.3, 0.4) is 0 Å². The number of benzene rings is 1. The Bertz CT molecular complexity index is 264. The Morgan fingerprint density at radius 1 is 1.25 bits per heavy atom. The molecular formula is C11H12S. The van der Waals surface area contributed by atoms with E-state index in [0.29, 0.717) is 0 Å². The molecule has 0 nitrogen and oxygen atoms in total. The van der Waals surface area contributed by atoms with E-state index >= 15 is 0 Å². The number of hydrogen-bond acceptors (Lipinski definition) is 1. The molecule has 0 N–H and O–H groups in total. The summed E-state index contributed by atoms with van der Waals surface area (Å²) in [6.07, 6.45) is 3.52. The van der Waals surface area contributed by atoms with E-state index in [1.54, 1.807) is 0 Å². The number of thioether (sulfide) groups is 1. The van der Waals surface area contributed by atoms with Gasteiger partial charge < -0.3 is 0 Å². The number of allylic oxidation sites excluding steroid dienone is 1. The monoisotopic (exact) mass is 176 g/mol. The standard InChI is InChI=1S/C11H12S/c1-2-4-10(5-3-1)8-11-6-7-12-9-11/h1-7,11H,8-9H2. The molecule has 1 heteroatoms. The lowest BCUT2D eigenvalue weighted by Gasteiger charge is -2.05. The van der Waals surface area contributed by atoms with Crippen molar-refractivity contribution in [2.75, 3.05) is 5.75 Å². The highest BCUT2D eigenvalue weighted by Crippen LogP contribution is 2.23. The van der Waals surface area contributed by atoms with Crippen LogP contribution < -0.4 is 0 Å². The predicted octanol–water partition coefficient (Wildman–Crippen LogP) is 3.11. The lowest BCUT2D eigenvalue weighted by Crippen LogP contribution is -2.00. The van der Waals surface area contributed by atoms with Crippen molar-refractivity contribution < 1.29 is 0 Å². The third-order valence-corrected chi connectivity index (χ3v) is 3.07. The molecule has 0 radical (unpaired) electrons. The van der Waals surface area contributed by atoms with Crippen molar-refractivity contribution in [3.05, 3.63) is 47.4 Å². The topological polar surface area (TPSA) is 0 Å². The van der Waals surface area contributed by atoms with E-state index in [1.807, 2.05) is 11.8 Å². The fraction of sp³-hybridized carbons (Fsp3) is 0.273. The molecule has 0 saturated heterocycles. The van der Waals surface area contributed by atoms with Gasteiger partial charge in [-0.15, -0.1) is 11.8 Å². The zero-order valence-corrected chi connectivity index (χ0v) is 7.76. The summed E-state index contributed by atoms with van der Waals surface area (Å²) in [6.45, 7) is 0. The Morgan fingerprint density at radius 2 is 2.08 bits per heavy atom. The second-order valence-corrected chi connectivity index (χ2v) is 4.05. The summed E-state index contributed by atoms with van der Waals surface area (Å²) in [5.74, 6) is 2.02. The molecule has 0 spiro atoms. The Balaban J connectivity index is 1.99. The lowest BCUT2D eigenvalue weighted by molar-refractivity contribution is 0.745. The molecule has 1 unspecified atom stereocenters. The van der Waals surface area contributed by atoms with Gasteiger partial charge in [0.25, 0.3) is 0 Å². The highest BCUT2D eigenvalue weighted by molar-refractivity contribution is 8.02. The molecule has 12 heavy (non-hydrogen) atoms. The van der Waals surface area contributed by atoms with Crippen molar-refractivity contribution in [2.24, 2.45) is 5.92 Å². The number of rotatable bonds is 2. The van der Waals surface area contributed by atoms with E-state index in [1.165, 1.54) is 17.7 Å². The molecule has 0 aromatic heterocycles. The van der Waals surface area contributed by atoms with Crippen molar-refractivity contribution in [1.82, 2.24) is 0 Å². The quantitative estimate of drug-likeness (QED) is 0.667. The van der Waals surface area contributed by atoms with Gasteiger partial charge in [-0.3, -0.25) is 0 Å². The maximum Gasteiger partial charge on any atom is 0.00405 e. The SMILES string of the molecule is C1=CC(Cc2ccccc2)CS1. The summed E-state index contributed by atoms with van der Waals surface area (Å²) >= 11 is 1.92. The van der Waals surface area contributed by atoms with Crippen molar-refractivity contribution in [3.63, 3.8) is 0 Å². The highest BCUT2D eigenvalue weighted by Gasteiger charge is 2.09. The minimum absolute atomic E-state index is 0.761. The number of hydrogen-bond donors (Lipinski definition) is 0. The molecular weight excluding hydrogens is 164 g/mol. The molecule has 1 heterocycles. The summed E-state index contributed by atoms with van der Waals surface area (Å²) in [5.41, 5.74) is 1.45. The minimum atomic E-state index is 0.761. The normalized spacial score (nSPS) is 21.5. The van der Waals surface area contributed by atoms with Crippen LogP contribution in [0.15, 0.2) is 41.8 Å². The van der Waals surface area contributed by atoms with Crippen LogP contribution in [-0.4, -0.2) is 5.75 Å². The summed E-state index contributed by atoms with van der Waals surface area (Å²) < 4.78 is 0. The molecule has 2 rings (SSSR count). The van der Waals surface area contributed by atoms with Crippen molar-refractivity contribution in [2.45, 2.75) is 6.42 Å². The van der Waals surface area contributed by atoms with Crippen LogP contribution in [0.2, 0.25) is 0 Å². The lowest BCUT2D eigenvalue weighted by atomic mass is 10.0. The van der Waals surface area contributed by atoms with E-state index in [9.17, 15) is 0 Å². The van der Waals surface area contributed by atoms with E-state index in [0.717, 1.165) is 5.92 Å². The van der Waals surface area contributed by atoms with Gasteiger partial charge in [0.05, 0.1) is 0 Å². The third kappa shape index (κ3) is 1.92. The minimum Gasteiger partial charge on any atom is -0.134 e. The molecule has 1 atom stereocenters. The van der Waals surface area contributed by atoms with E-state index in [4.69, 9.17) is 0 Å². The van der Waals surface area contributed by atoms with Crippen LogP contribution in [0, 0.1) is 5.92 Å². The van der Waals surface area contributed by atoms with Gasteiger partial charge >= 0.3 is 0 Å². The maximum atomic E-state index is 2.32. The van der Waals surface area contributed by atoms with Gasteiger partial charge in [0, 0.05) is 5.75 Å². The van der Waals surface area contributed by atoms with Crippen LogP contribution in [0.1, 0.15) is 5.56 Å². The van der Waals surface area contributed by atoms with Gasteiger partial charge in [-0.25, -0.2) is 0 Å². The molecule has 1 aliphatic rings. The first kappa shape index (κ1) is 7.93. The Labute approximate surface area is 77.7 Å². The molecule has 0 fully saturated rings. The van der Waals surface area contributed by atoms with Crippen molar-refractivity contribution in [3.8, 4) is 0 Å². The van der Waals surface area contributed by atoms with Crippen molar-refractivity contribution in [1.29, 1.82) is 0 Å². The first-order valence-electron chi connectivity index (χ1n) is 4.27. The fourth-order valence-corrected chi connectivity index (χ4v) is 2.37. The van der Waals surface area contributed by atoms with Crippen LogP contribution in [0.25, 0.3) is 0 Å². The zero-order chi connectivity index (χ0) is 8.23. The van der Waals surface area contributed by atoms with Gasteiger partial charge in [-0.05, 0) is 23.3 Å². The molecule has 1 aromatic carbocycles. The fourth-order valence-electron chi connectivity index (χ4n) is 1.45. The Kier molecular flexibility index (Phi) is 2.52. The summed E-state index contributed by atoms with van der Waals surface area (Å²) in [4.78, 5) is 0. The Hall–Kier alpha value is -0.690. The van der Waals surface area contributed by atoms with Crippen LogP contribution in [0.5, 0.6) is 0 Å². The van der Waals surface area contributed by atoms with Crippen LogP contribution >= 0.6 is 11.8 Å². The van der Waals surface area contributed by atoms with Gasteiger partial charge in [-0.2, -0.15) is 0 Å². The van der Waals surface area contributed by atoms with E-state index in [-0.39, 0.29) is 0 Å². The first-order valence-corrected chi connectivity index (χ1v) is 5.32. The van der Waals surface area contributed by atoms with Gasteiger partial charge in [0.15, 0.2) is 0 Å². The third-order valence-electron chi connectivity index (χ3n) is 2.10. The molecule has 0 bridgehead atoms. The Morgan fingerprint density at radius 3 is 2.75 bits per heavy atom. The van der Waals surface area contributed by atoms with Gasteiger partial charge in [0.1, 0.15) is 0 Å². The van der Waals surface area contributed by atoms with Crippen LogP contribution in [0.4, 0.5) is 0 Å². The van der Waals surface area contributed by atoms with Crippen LogP contribution in [-0.2, 0) is 6.42 Å². The molecule has 1 aromatic rings. The van der Waals surface area contributed by atoms with E-state index in [2.05, 4.69) is 41.8 Å². The summed E-state index contributed by atoms with van der Waals surface area (Å²) in [7, 11) is 0. The molecule has 0 saturated carbocycles. The maximum absolute atomic E-state index is 2.32.